The van der Waals surface area contributed by atoms with Gasteiger partial charge in [0.1, 0.15) is 10.5 Å². The third-order valence-corrected chi connectivity index (χ3v) is 4.88. The van der Waals surface area contributed by atoms with E-state index in [0.29, 0.717) is 12.1 Å². The second-order valence-electron chi connectivity index (χ2n) is 7.36. The molecule has 1 saturated heterocycles. The van der Waals surface area contributed by atoms with Crippen molar-refractivity contribution in [3.8, 4) is 0 Å². The monoisotopic (exact) mass is 387 g/mol. The van der Waals surface area contributed by atoms with E-state index in [0.717, 1.165) is 26.2 Å². The van der Waals surface area contributed by atoms with Gasteiger partial charge in [0.25, 0.3) is 0 Å². The Labute approximate surface area is 154 Å². The van der Waals surface area contributed by atoms with Gasteiger partial charge in [0.2, 0.25) is 0 Å². The normalized spacial score (nSPS) is 16.3. The molecule has 146 valence electrons. The second kappa shape index (κ2) is 7.89. The van der Waals surface area contributed by atoms with E-state index >= 15 is 0 Å². The van der Waals surface area contributed by atoms with Crippen LogP contribution in [-0.2, 0) is 21.5 Å². The molecule has 0 saturated carbocycles. The summed E-state index contributed by atoms with van der Waals surface area (Å²) < 4.78 is 42.0. The summed E-state index contributed by atoms with van der Waals surface area (Å²) in [6, 6.07) is 2.99. The van der Waals surface area contributed by atoms with Gasteiger partial charge in [-0.2, -0.15) is 8.42 Å². The van der Waals surface area contributed by atoms with Crippen LogP contribution in [0.25, 0.3) is 0 Å². The lowest BCUT2D eigenvalue weighted by atomic mass is 10.1. The van der Waals surface area contributed by atoms with Crippen molar-refractivity contribution in [3.05, 3.63) is 23.3 Å². The number of benzene rings is 1. The average Bonchev–Trinajstić information content (AvgIpc) is 2.48. The molecule has 1 heterocycles. The molecule has 0 unspecified atom stereocenters. The molecule has 1 aliphatic heterocycles. The number of nitrogens with one attached hydrogen (secondary N) is 2. The average molecular weight is 387 g/mol. The third kappa shape index (κ3) is 5.93. The van der Waals surface area contributed by atoms with Crippen molar-refractivity contribution in [2.24, 2.45) is 0 Å². The quantitative estimate of drug-likeness (QED) is 0.772. The number of carbonyl (C=O) groups excluding carboxylic acids is 1. The van der Waals surface area contributed by atoms with E-state index in [1.54, 1.807) is 26.8 Å². The van der Waals surface area contributed by atoms with Crippen molar-refractivity contribution >= 4 is 22.0 Å². The summed E-state index contributed by atoms with van der Waals surface area (Å²) in [4.78, 5) is 13.7. The Kier molecular flexibility index (Phi) is 6.25. The van der Waals surface area contributed by atoms with Gasteiger partial charge in [-0.3, -0.25) is 10.2 Å². The van der Waals surface area contributed by atoms with E-state index in [-0.39, 0.29) is 11.3 Å². The van der Waals surface area contributed by atoms with E-state index in [9.17, 15) is 17.1 Å². The molecule has 1 aromatic rings. The molecule has 0 bridgehead atoms. The highest BCUT2D eigenvalue weighted by Crippen LogP contribution is 2.28. The van der Waals surface area contributed by atoms with Gasteiger partial charge < -0.3 is 10.1 Å². The molecule has 2 rings (SSSR count). The van der Waals surface area contributed by atoms with Crippen LogP contribution in [-0.4, -0.2) is 51.2 Å². The van der Waals surface area contributed by atoms with Crippen LogP contribution in [0.3, 0.4) is 0 Å². The van der Waals surface area contributed by atoms with Gasteiger partial charge in [-0.25, -0.2) is 4.79 Å². The zero-order chi connectivity index (χ0) is 19.5. The van der Waals surface area contributed by atoms with E-state index in [2.05, 4.69) is 15.5 Å². The topological polar surface area (TPSA) is 87.7 Å². The number of carbonyl (C=O) groups is 1. The molecule has 0 spiro atoms. The first-order valence-electron chi connectivity index (χ1n) is 8.47. The predicted octanol–water partition coefficient (Wildman–Crippen LogP) is 2.41. The van der Waals surface area contributed by atoms with Crippen LogP contribution in [0.15, 0.2) is 17.0 Å². The Morgan fingerprint density at radius 2 is 1.92 bits per heavy atom. The van der Waals surface area contributed by atoms with E-state index in [4.69, 9.17) is 4.74 Å². The number of rotatable bonds is 4. The minimum Gasteiger partial charge on any atom is -0.444 e. The number of anilines is 1. The summed E-state index contributed by atoms with van der Waals surface area (Å²) in [6.45, 7) is 10.4. The molecule has 1 aliphatic rings. The molecule has 1 amide bonds. The van der Waals surface area contributed by atoms with Gasteiger partial charge in [0, 0.05) is 38.4 Å². The fourth-order valence-corrected chi connectivity index (χ4v) is 3.53. The third-order valence-electron chi connectivity index (χ3n) is 3.93. The highest BCUT2D eigenvalue weighted by Gasteiger charge is 2.23. The number of halogens is 1. The minimum absolute atomic E-state index is 0.141. The lowest BCUT2D eigenvalue weighted by Crippen LogP contribution is -2.42. The lowest BCUT2D eigenvalue weighted by Gasteiger charge is -2.27. The zero-order valence-corrected chi connectivity index (χ0v) is 16.4. The van der Waals surface area contributed by atoms with Crippen LogP contribution >= 0.6 is 0 Å². The van der Waals surface area contributed by atoms with E-state index in [1.807, 2.05) is 0 Å². The molecule has 0 aromatic heterocycles. The number of hydrogen-bond acceptors (Lipinski definition) is 6. The molecule has 0 atom stereocenters. The Balaban J connectivity index is 2.32. The summed E-state index contributed by atoms with van der Waals surface area (Å²) in [5.74, 6) is 0. The summed E-state index contributed by atoms with van der Waals surface area (Å²) in [5.41, 5.74) is 0.274. The first-order valence-corrected chi connectivity index (χ1v) is 9.85. The molecular formula is C17H26FN3O4S. The van der Waals surface area contributed by atoms with Crippen molar-refractivity contribution in [2.75, 3.05) is 31.5 Å². The number of ether oxygens (including phenoxy) is 1. The van der Waals surface area contributed by atoms with Gasteiger partial charge >= 0.3 is 16.3 Å². The SMILES string of the molecule is Cc1c(NC(=O)OC(C)(C)C)cc(CN2CCNCC2)cc1S(=O)(=O)F. The lowest BCUT2D eigenvalue weighted by molar-refractivity contribution is 0.0635. The zero-order valence-electron chi connectivity index (χ0n) is 15.6. The fourth-order valence-electron chi connectivity index (χ4n) is 2.76. The molecule has 0 radical (unpaired) electrons. The molecule has 2 N–H and O–H groups in total. The largest absolute Gasteiger partial charge is 0.444 e. The molecule has 0 aliphatic carbocycles. The smallest absolute Gasteiger partial charge is 0.412 e. The first kappa shape index (κ1) is 20.6. The van der Waals surface area contributed by atoms with Crippen molar-refractivity contribution in [1.82, 2.24) is 10.2 Å². The minimum atomic E-state index is -4.91. The van der Waals surface area contributed by atoms with Crippen LogP contribution in [0.1, 0.15) is 31.9 Å². The summed E-state index contributed by atoms with van der Waals surface area (Å²) in [6.07, 6.45) is -0.720. The molecule has 9 heteroatoms. The number of hydrogen-bond donors (Lipinski definition) is 2. The maximum absolute atomic E-state index is 13.7. The van der Waals surface area contributed by atoms with Crippen LogP contribution in [0.2, 0.25) is 0 Å². The number of amides is 1. The predicted molar refractivity (Wildman–Crippen MR) is 97.5 cm³/mol. The standard InChI is InChI=1S/C17H26FN3O4S/c1-12-14(20-16(22)25-17(2,3)4)9-13(10-15(12)26(18,23)24)11-21-7-5-19-6-8-21/h9-10,19H,5-8,11H2,1-4H3,(H,20,22). The van der Waals surface area contributed by atoms with Crippen LogP contribution in [0.5, 0.6) is 0 Å². The maximum atomic E-state index is 13.7. The van der Waals surface area contributed by atoms with Crippen molar-refractivity contribution in [1.29, 1.82) is 0 Å². The van der Waals surface area contributed by atoms with Gasteiger partial charge in [0.05, 0.1) is 0 Å². The molecule has 26 heavy (non-hydrogen) atoms. The van der Waals surface area contributed by atoms with Gasteiger partial charge in [-0.15, -0.1) is 3.89 Å². The fraction of sp³-hybridized carbons (Fsp3) is 0.588. The van der Waals surface area contributed by atoms with Gasteiger partial charge in [0.15, 0.2) is 0 Å². The van der Waals surface area contributed by atoms with E-state index in [1.165, 1.54) is 13.0 Å². The van der Waals surface area contributed by atoms with Gasteiger partial charge in [-0.1, -0.05) is 0 Å². The Bertz CT molecular complexity index is 769. The van der Waals surface area contributed by atoms with Crippen molar-refractivity contribution < 1.29 is 21.8 Å². The van der Waals surface area contributed by atoms with Crippen LogP contribution in [0, 0.1) is 6.92 Å². The Hall–Kier alpha value is -1.71. The van der Waals surface area contributed by atoms with Gasteiger partial charge in [-0.05, 0) is 51.0 Å². The molecule has 1 fully saturated rings. The molecule has 7 nitrogen and oxygen atoms in total. The first-order chi connectivity index (χ1) is 12.0. The molecular weight excluding hydrogens is 361 g/mol. The highest BCUT2D eigenvalue weighted by atomic mass is 32.3. The Morgan fingerprint density at radius 1 is 1.31 bits per heavy atom. The van der Waals surface area contributed by atoms with Crippen LogP contribution in [0.4, 0.5) is 14.4 Å². The van der Waals surface area contributed by atoms with Crippen molar-refractivity contribution in [3.63, 3.8) is 0 Å². The maximum Gasteiger partial charge on any atom is 0.412 e. The van der Waals surface area contributed by atoms with Crippen LogP contribution < -0.4 is 10.6 Å². The molecule has 1 aromatic carbocycles. The Morgan fingerprint density at radius 3 is 2.46 bits per heavy atom. The second-order valence-corrected chi connectivity index (χ2v) is 8.67. The highest BCUT2D eigenvalue weighted by molar-refractivity contribution is 7.86. The van der Waals surface area contributed by atoms with Crippen molar-refractivity contribution in [2.45, 2.75) is 44.7 Å². The summed E-state index contributed by atoms with van der Waals surface area (Å²) in [5, 5.41) is 5.77. The van der Waals surface area contributed by atoms with E-state index < -0.39 is 26.8 Å². The summed E-state index contributed by atoms with van der Waals surface area (Å²) >= 11 is 0. The summed E-state index contributed by atoms with van der Waals surface area (Å²) in [7, 11) is -4.91. The number of piperazine rings is 1. The number of nitrogens with zero attached hydrogens (tertiary/aromatic N) is 1.